The lowest BCUT2D eigenvalue weighted by molar-refractivity contribution is -0.138. The number of aromatic nitrogens is 1. The van der Waals surface area contributed by atoms with Gasteiger partial charge in [0.1, 0.15) is 5.01 Å². The zero-order valence-corrected chi connectivity index (χ0v) is 14.9. The summed E-state index contributed by atoms with van der Waals surface area (Å²) in [6.45, 7) is 5.66. The number of carbonyl (C=O) groups is 2. The van der Waals surface area contributed by atoms with E-state index >= 15 is 0 Å². The van der Waals surface area contributed by atoms with Crippen molar-refractivity contribution in [1.82, 2.24) is 15.2 Å². The van der Waals surface area contributed by atoms with E-state index in [0.717, 1.165) is 28.1 Å². The summed E-state index contributed by atoms with van der Waals surface area (Å²) in [4.78, 5) is 30.8. The van der Waals surface area contributed by atoms with E-state index in [9.17, 15) is 9.59 Å². The first-order chi connectivity index (χ1) is 11.5. The van der Waals surface area contributed by atoms with Crippen LogP contribution in [0.25, 0.3) is 10.2 Å². The third-order valence-electron chi connectivity index (χ3n) is 4.42. The van der Waals surface area contributed by atoms with Crippen LogP contribution in [0.1, 0.15) is 31.7 Å². The van der Waals surface area contributed by atoms with Gasteiger partial charge in [0.2, 0.25) is 11.8 Å². The molecule has 128 valence electrons. The summed E-state index contributed by atoms with van der Waals surface area (Å²) in [5.74, 6) is 0.277. The highest BCUT2D eigenvalue weighted by atomic mass is 32.1. The van der Waals surface area contributed by atoms with Crippen LogP contribution in [0.4, 0.5) is 0 Å². The maximum atomic E-state index is 12.4. The van der Waals surface area contributed by atoms with Gasteiger partial charge < -0.3 is 10.2 Å². The van der Waals surface area contributed by atoms with Gasteiger partial charge in [0.15, 0.2) is 0 Å². The Labute approximate surface area is 146 Å². The molecule has 0 saturated carbocycles. The van der Waals surface area contributed by atoms with E-state index in [-0.39, 0.29) is 23.7 Å². The minimum Gasteiger partial charge on any atom is -0.349 e. The molecule has 1 aliphatic heterocycles. The first kappa shape index (κ1) is 16.9. The minimum atomic E-state index is -0.00408. The summed E-state index contributed by atoms with van der Waals surface area (Å²) >= 11 is 1.61. The van der Waals surface area contributed by atoms with Crippen LogP contribution in [0.2, 0.25) is 0 Å². The van der Waals surface area contributed by atoms with E-state index in [1.807, 2.05) is 43.0 Å². The number of likely N-dealkylation sites (tertiary alicyclic amines) is 1. The van der Waals surface area contributed by atoms with Crippen LogP contribution in [-0.4, -0.2) is 34.8 Å². The minimum absolute atomic E-state index is 0.00408. The second-order valence-electron chi connectivity index (χ2n) is 6.55. The fourth-order valence-corrected chi connectivity index (χ4v) is 3.94. The van der Waals surface area contributed by atoms with Crippen molar-refractivity contribution in [3.05, 3.63) is 29.3 Å². The van der Waals surface area contributed by atoms with E-state index in [4.69, 9.17) is 0 Å². The summed E-state index contributed by atoms with van der Waals surface area (Å²) in [5.41, 5.74) is 0.979. The molecule has 5 nitrogen and oxygen atoms in total. The van der Waals surface area contributed by atoms with Crippen molar-refractivity contribution >= 4 is 33.4 Å². The Hall–Kier alpha value is -1.95. The fourth-order valence-electron chi connectivity index (χ4n) is 3.03. The number of fused-ring (bicyclic) bond motifs is 1. The molecule has 1 saturated heterocycles. The first-order valence-corrected chi connectivity index (χ1v) is 9.27. The molecule has 2 aromatic rings. The molecule has 2 amide bonds. The number of carbonyl (C=O) groups excluding carboxylic acids is 2. The van der Waals surface area contributed by atoms with Gasteiger partial charge in [0.25, 0.3) is 0 Å². The summed E-state index contributed by atoms with van der Waals surface area (Å²) in [6.07, 6.45) is 1.48. The molecule has 1 N–H and O–H groups in total. The Morgan fingerprint density at radius 1 is 1.29 bits per heavy atom. The average Bonchev–Trinajstić information content (AvgIpc) is 3.02. The van der Waals surface area contributed by atoms with Crippen molar-refractivity contribution in [3.8, 4) is 0 Å². The Kier molecular flexibility index (Phi) is 5.14. The molecule has 2 heterocycles. The number of thiazole rings is 1. The Morgan fingerprint density at radius 2 is 2.00 bits per heavy atom. The molecule has 1 fully saturated rings. The largest absolute Gasteiger partial charge is 0.349 e. The van der Waals surface area contributed by atoms with Crippen molar-refractivity contribution in [2.45, 2.75) is 33.2 Å². The number of rotatable bonds is 4. The molecular formula is C18H23N3O2S. The molecule has 3 rings (SSSR count). The molecule has 0 radical (unpaired) electrons. The van der Waals surface area contributed by atoms with Crippen LogP contribution >= 0.6 is 11.3 Å². The smallest absolute Gasteiger partial charge is 0.225 e. The third kappa shape index (κ3) is 3.75. The van der Waals surface area contributed by atoms with E-state index in [2.05, 4.69) is 10.3 Å². The Balaban J connectivity index is 1.50. The van der Waals surface area contributed by atoms with Crippen molar-refractivity contribution < 1.29 is 9.59 Å². The van der Waals surface area contributed by atoms with Crippen LogP contribution in [0, 0.1) is 11.8 Å². The van der Waals surface area contributed by atoms with Crippen LogP contribution in [0.3, 0.4) is 0 Å². The number of nitrogens with one attached hydrogen (secondary N) is 1. The number of amides is 2. The number of nitrogens with zero attached hydrogens (tertiary/aromatic N) is 2. The molecule has 1 aromatic heterocycles. The normalized spacial score (nSPS) is 15.9. The lowest BCUT2D eigenvalue weighted by atomic mass is 9.95. The van der Waals surface area contributed by atoms with Crippen LogP contribution in [0.15, 0.2) is 24.3 Å². The highest BCUT2D eigenvalue weighted by Crippen LogP contribution is 2.22. The van der Waals surface area contributed by atoms with Gasteiger partial charge in [-0.05, 0) is 25.0 Å². The second-order valence-corrected chi connectivity index (χ2v) is 7.66. The molecule has 0 bridgehead atoms. The Bertz CT molecular complexity index is 700. The van der Waals surface area contributed by atoms with Crippen LogP contribution in [0.5, 0.6) is 0 Å². The fraction of sp³-hybridized carbons (Fsp3) is 0.500. The number of hydrogen-bond donors (Lipinski definition) is 1. The summed E-state index contributed by atoms with van der Waals surface area (Å²) in [5, 5.41) is 3.93. The van der Waals surface area contributed by atoms with E-state index in [1.165, 1.54) is 0 Å². The second kappa shape index (κ2) is 7.30. The SMILES string of the molecule is CC(C)C(=O)N1CCC(C(=O)NCc2nc3ccccc3s2)CC1. The maximum absolute atomic E-state index is 12.4. The van der Waals surface area contributed by atoms with Gasteiger partial charge in [-0.1, -0.05) is 26.0 Å². The molecule has 1 aromatic carbocycles. The van der Waals surface area contributed by atoms with Gasteiger partial charge in [-0.15, -0.1) is 11.3 Å². The molecule has 0 spiro atoms. The van der Waals surface area contributed by atoms with Crippen molar-refractivity contribution in [2.75, 3.05) is 13.1 Å². The Morgan fingerprint density at radius 3 is 2.67 bits per heavy atom. The third-order valence-corrected chi connectivity index (χ3v) is 5.46. The number of piperidine rings is 1. The summed E-state index contributed by atoms with van der Waals surface area (Å²) in [6, 6.07) is 7.99. The van der Waals surface area contributed by atoms with Gasteiger partial charge in [-0.3, -0.25) is 9.59 Å². The highest BCUT2D eigenvalue weighted by molar-refractivity contribution is 7.18. The molecule has 0 aliphatic carbocycles. The highest BCUT2D eigenvalue weighted by Gasteiger charge is 2.28. The van der Waals surface area contributed by atoms with Crippen LogP contribution in [-0.2, 0) is 16.1 Å². The van der Waals surface area contributed by atoms with Crippen LogP contribution < -0.4 is 5.32 Å². The molecule has 1 aliphatic rings. The molecular weight excluding hydrogens is 322 g/mol. The predicted octanol–water partition coefficient (Wildman–Crippen LogP) is 2.81. The maximum Gasteiger partial charge on any atom is 0.225 e. The number of hydrogen-bond acceptors (Lipinski definition) is 4. The average molecular weight is 345 g/mol. The quantitative estimate of drug-likeness (QED) is 0.927. The zero-order chi connectivity index (χ0) is 17.1. The summed E-state index contributed by atoms with van der Waals surface area (Å²) in [7, 11) is 0. The van der Waals surface area contributed by atoms with Gasteiger partial charge in [0.05, 0.1) is 16.8 Å². The van der Waals surface area contributed by atoms with Crippen molar-refractivity contribution in [2.24, 2.45) is 11.8 Å². The lowest BCUT2D eigenvalue weighted by Crippen LogP contribution is -2.44. The molecule has 0 unspecified atom stereocenters. The standard InChI is InChI=1S/C18H23N3O2S/c1-12(2)18(23)21-9-7-13(8-10-21)17(22)19-11-16-20-14-5-3-4-6-15(14)24-16/h3-6,12-13H,7-11H2,1-2H3,(H,19,22). The van der Waals surface area contributed by atoms with Gasteiger partial charge in [-0.2, -0.15) is 0 Å². The zero-order valence-electron chi connectivity index (χ0n) is 14.1. The van der Waals surface area contributed by atoms with E-state index < -0.39 is 0 Å². The monoisotopic (exact) mass is 345 g/mol. The van der Waals surface area contributed by atoms with Gasteiger partial charge in [0, 0.05) is 24.9 Å². The first-order valence-electron chi connectivity index (χ1n) is 8.45. The molecule has 24 heavy (non-hydrogen) atoms. The van der Waals surface area contributed by atoms with Crippen molar-refractivity contribution in [3.63, 3.8) is 0 Å². The van der Waals surface area contributed by atoms with E-state index in [0.29, 0.717) is 19.6 Å². The number of benzene rings is 1. The number of para-hydroxylation sites is 1. The van der Waals surface area contributed by atoms with Gasteiger partial charge in [-0.25, -0.2) is 4.98 Å². The lowest BCUT2D eigenvalue weighted by Gasteiger charge is -2.32. The van der Waals surface area contributed by atoms with Gasteiger partial charge >= 0.3 is 0 Å². The van der Waals surface area contributed by atoms with Crippen molar-refractivity contribution in [1.29, 1.82) is 0 Å². The predicted molar refractivity (Wildman–Crippen MR) is 95.6 cm³/mol. The summed E-state index contributed by atoms with van der Waals surface area (Å²) < 4.78 is 1.14. The molecule has 6 heteroatoms. The molecule has 0 atom stereocenters. The van der Waals surface area contributed by atoms with E-state index in [1.54, 1.807) is 11.3 Å². The topological polar surface area (TPSA) is 62.3 Å².